The van der Waals surface area contributed by atoms with Gasteiger partial charge in [0.2, 0.25) is 0 Å². The van der Waals surface area contributed by atoms with Crippen LogP contribution in [0.15, 0.2) is 42.1 Å². The fraction of sp³-hybridized carbons (Fsp3) is 0.529. The first kappa shape index (κ1) is 16.7. The summed E-state index contributed by atoms with van der Waals surface area (Å²) >= 11 is 0. The predicted molar refractivity (Wildman–Crippen MR) is 87.5 cm³/mol. The summed E-state index contributed by atoms with van der Waals surface area (Å²) in [6, 6.07) is 10.6. The molecule has 0 atom stereocenters. The van der Waals surface area contributed by atoms with Crippen molar-refractivity contribution in [2.24, 2.45) is 0 Å². The molecule has 0 fully saturated rings. The Morgan fingerprint density at radius 3 is 2.55 bits per heavy atom. The summed E-state index contributed by atoms with van der Waals surface area (Å²) < 4.78 is 0. The monoisotopic (exact) mass is 275 g/mol. The Morgan fingerprint density at radius 1 is 1.20 bits per heavy atom. The Hall–Kier alpha value is -1.32. The number of nitrogens with one attached hydrogen (secondary N) is 1. The molecule has 0 saturated carbocycles. The van der Waals surface area contributed by atoms with Crippen LogP contribution in [-0.4, -0.2) is 43.7 Å². The SMILES string of the molecule is C/C=C(\C)N(C)CN(C)CCCNCc1ccccc1. The van der Waals surface area contributed by atoms with E-state index in [4.69, 9.17) is 0 Å². The third kappa shape index (κ3) is 6.73. The fourth-order valence-corrected chi connectivity index (χ4v) is 2.07. The summed E-state index contributed by atoms with van der Waals surface area (Å²) in [4.78, 5) is 4.63. The number of allylic oxidation sites excluding steroid dienone is 2. The molecule has 1 aromatic carbocycles. The molecule has 0 amide bonds. The van der Waals surface area contributed by atoms with Gasteiger partial charge in [0.15, 0.2) is 0 Å². The molecule has 20 heavy (non-hydrogen) atoms. The first-order valence-electron chi connectivity index (χ1n) is 7.40. The van der Waals surface area contributed by atoms with Gasteiger partial charge < -0.3 is 10.2 Å². The summed E-state index contributed by atoms with van der Waals surface area (Å²) in [5.74, 6) is 0. The first-order valence-corrected chi connectivity index (χ1v) is 7.40. The molecular formula is C17H29N3. The molecule has 0 radical (unpaired) electrons. The highest BCUT2D eigenvalue weighted by Crippen LogP contribution is 2.01. The Morgan fingerprint density at radius 2 is 1.90 bits per heavy atom. The molecule has 112 valence electrons. The molecule has 3 nitrogen and oxygen atoms in total. The van der Waals surface area contributed by atoms with Gasteiger partial charge in [0.05, 0.1) is 6.67 Å². The molecule has 0 bridgehead atoms. The van der Waals surface area contributed by atoms with E-state index in [9.17, 15) is 0 Å². The van der Waals surface area contributed by atoms with Crippen molar-refractivity contribution in [1.29, 1.82) is 0 Å². The third-order valence-electron chi connectivity index (χ3n) is 3.54. The van der Waals surface area contributed by atoms with Gasteiger partial charge in [0.25, 0.3) is 0 Å². The molecule has 0 aliphatic heterocycles. The normalized spacial score (nSPS) is 11.9. The molecule has 1 N–H and O–H groups in total. The minimum absolute atomic E-state index is 0.960. The Kier molecular flexibility index (Phi) is 8.00. The second kappa shape index (κ2) is 9.56. The smallest absolute Gasteiger partial charge is 0.0698 e. The Labute approximate surface area is 124 Å². The quantitative estimate of drug-likeness (QED) is 0.552. The highest BCUT2D eigenvalue weighted by atomic mass is 15.3. The lowest BCUT2D eigenvalue weighted by Crippen LogP contribution is -2.33. The lowest BCUT2D eigenvalue weighted by molar-refractivity contribution is 0.213. The second-order valence-electron chi connectivity index (χ2n) is 5.37. The summed E-state index contributed by atoms with van der Waals surface area (Å²) in [6.45, 7) is 8.35. The lowest BCUT2D eigenvalue weighted by Gasteiger charge is -2.26. The van der Waals surface area contributed by atoms with Crippen molar-refractivity contribution < 1.29 is 0 Å². The number of rotatable bonds is 9. The van der Waals surface area contributed by atoms with Crippen LogP contribution in [-0.2, 0) is 6.54 Å². The number of hydrogen-bond donors (Lipinski definition) is 1. The van der Waals surface area contributed by atoms with E-state index >= 15 is 0 Å². The summed E-state index contributed by atoms with van der Waals surface area (Å²) in [7, 11) is 4.32. The van der Waals surface area contributed by atoms with Crippen molar-refractivity contribution in [2.45, 2.75) is 26.8 Å². The van der Waals surface area contributed by atoms with Gasteiger partial charge in [-0.25, -0.2) is 0 Å². The van der Waals surface area contributed by atoms with Gasteiger partial charge in [-0.15, -0.1) is 0 Å². The van der Waals surface area contributed by atoms with Gasteiger partial charge in [-0.3, -0.25) is 4.90 Å². The fourth-order valence-electron chi connectivity index (χ4n) is 2.07. The van der Waals surface area contributed by atoms with Crippen molar-refractivity contribution >= 4 is 0 Å². The maximum absolute atomic E-state index is 3.49. The molecule has 0 aliphatic rings. The van der Waals surface area contributed by atoms with Crippen molar-refractivity contribution in [3.05, 3.63) is 47.7 Å². The van der Waals surface area contributed by atoms with E-state index in [1.807, 2.05) is 0 Å². The van der Waals surface area contributed by atoms with E-state index in [-0.39, 0.29) is 0 Å². The molecule has 0 aliphatic carbocycles. The topological polar surface area (TPSA) is 18.5 Å². The van der Waals surface area contributed by atoms with Crippen LogP contribution in [0.3, 0.4) is 0 Å². The average molecular weight is 275 g/mol. The number of nitrogens with zero attached hydrogens (tertiary/aromatic N) is 2. The van der Waals surface area contributed by atoms with Crippen LogP contribution in [0.2, 0.25) is 0 Å². The van der Waals surface area contributed by atoms with E-state index in [0.29, 0.717) is 0 Å². The van der Waals surface area contributed by atoms with Gasteiger partial charge in [0, 0.05) is 25.8 Å². The van der Waals surface area contributed by atoms with Crippen molar-refractivity contribution in [3.8, 4) is 0 Å². The molecule has 0 aromatic heterocycles. The summed E-state index contributed by atoms with van der Waals surface area (Å²) in [5.41, 5.74) is 2.67. The van der Waals surface area contributed by atoms with E-state index in [1.165, 1.54) is 17.7 Å². The van der Waals surface area contributed by atoms with Gasteiger partial charge in [-0.1, -0.05) is 36.4 Å². The zero-order chi connectivity index (χ0) is 14.8. The zero-order valence-electron chi connectivity index (χ0n) is 13.4. The van der Waals surface area contributed by atoms with Crippen LogP contribution in [0.4, 0.5) is 0 Å². The molecule has 1 aromatic rings. The van der Waals surface area contributed by atoms with Gasteiger partial charge in [0.1, 0.15) is 0 Å². The van der Waals surface area contributed by atoms with Crippen molar-refractivity contribution in [2.75, 3.05) is 33.9 Å². The largest absolute Gasteiger partial charge is 0.365 e. The number of hydrogen-bond acceptors (Lipinski definition) is 3. The predicted octanol–water partition coefficient (Wildman–Crippen LogP) is 2.91. The molecule has 1 rings (SSSR count). The molecular weight excluding hydrogens is 246 g/mol. The second-order valence-corrected chi connectivity index (χ2v) is 5.37. The molecule has 0 saturated heterocycles. The lowest BCUT2D eigenvalue weighted by atomic mass is 10.2. The van der Waals surface area contributed by atoms with Gasteiger partial charge in [-0.05, 0) is 39.4 Å². The van der Waals surface area contributed by atoms with E-state index in [2.05, 4.69) is 79.5 Å². The van der Waals surface area contributed by atoms with Crippen molar-refractivity contribution in [1.82, 2.24) is 15.1 Å². The minimum Gasteiger partial charge on any atom is -0.365 e. The first-order chi connectivity index (χ1) is 9.63. The van der Waals surface area contributed by atoms with E-state index < -0.39 is 0 Å². The highest BCUT2D eigenvalue weighted by Gasteiger charge is 2.02. The van der Waals surface area contributed by atoms with Crippen LogP contribution >= 0.6 is 0 Å². The Balaban J connectivity index is 2.09. The average Bonchev–Trinajstić information content (AvgIpc) is 2.47. The van der Waals surface area contributed by atoms with E-state index in [1.54, 1.807) is 0 Å². The van der Waals surface area contributed by atoms with Gasteiger partial charge >= 0.3 is 0 Å². The Bertz CT molecular complexity index is 386. The maximum atomic E-state index is 3.49. The molecule has 0 unspecified atom stereocenters. The third-order valence-corrected chi connectivity index (χ3v) is 3.54. The summed E-state index contributed by atoms with van der Waals surface area (Å²) in [5, 5.41) is 3.49. The van der Waals surface area contributed by atoms with E-state index in [0.717, 1.165) is 26.3 Å². The van der Waals surface area contributed by atoms with Crippen LogP contribution in [0.1, 0.15) is 25.8 Å². The molecule has 0 spiro atoms. The highest BCUT2D eigenvalue weighted by molar-refractivity contribution is 5.14. The maximum Gasteiger partial charge on any atom is 0.0698 e. The molecule has 0 heterocycles. The van der Waals surface area contributed by atoms with Gasteiger partial charge in [-0.2, -0.15) is 0 Å². The minimum atomic E-state index is 0.960. The zero-order valence-corrected chi connectivity index (χ0v) is 13.4. The van der Waals surface area contributed by atoms with Crippen LogP contribution in [0.25, 0.3) is 0 Å². The standard InChI is InChI=1S/C17H29N3/c1-5-16(2)20(4)15-19(3)13-9-12-18-14-17-10-7-6-8-11-17/h5-8,10-11,18H,9,12-15H2,1-4H3/b16-5+. The number of benzene rings is 1. The van der Waals surface area contributed by atoms with Crippen LogP contribution in [0.5, 0.6) is 0 Å². The van der Waals surface area contributed by atoms with Crippen LogP contribution in [0, 0.1) is 0 Å². The molecule has 3 heteroatoms. The van der Waals surface area contributed by atoms with Crippen LogP contribution < -0.4 is 5.32 Å². The summed E-state index contributed by atoms with van der Waals surface area (Å²) in [6.07, 6.45) is 3.32. The van der Waals surface area contributed by atoms with Crippen molar-refractivity contribution in [3.63, 3.8) is 0 Å².